The first-order chi connectivity index (χ1) is 5.18. The molecule has 3 heteroatoms. The van der Waals surface area contributed by atoms with E-state index in [9.17, 15) is 4.79 Å². The van der Waals surface area contributed by atoms with Crippen LogP contribution >= 0.6 is 0 Å². The summed E-state index contributed by atoms with van der Waals surface area (Å²) in [5, 5.41) is 0. The highest BCUT2D eigenvalue weighted by atomic mass is 16.6. The number of ether oxygens (including phenoxy) is 1. The third-order valence-electron chi connectivity index (χ3n) is 1.36. The van der Waals surface area contributed by atoms with Crippen LogP contribution in [-0.2, 0) is 4.74 Å². The van der Waals surface area contributed by atoms with Crippen LogP contribution in [0, 0.1) is 17.8 Å². The molecule has 60 valence electrons. The van der Waals surface area contributed by atoms with E-state index in [0.717, 1.165) is 0 Å². The Morgan fingerprint density at radius 1 is 1.73 bits per heavy atom. The van der Waals surface area contributed by atoms with E-state index in [1.807, 2.05) is 0 Å². The summed E-state index contributed by atoms with van der Waals surface area (Å²) in [5.74, 6) is 6.32. The molecule has 0 saturated heterocycles. The van der Waals surface area contributed by atoms with Crippen LogP contribution in [0.2, 0.25) is 0 Å². The molecule has 0 spiro atoms. The van der Waals surface area contributed by atoms with Crippen molar-refractivity contribution in [2.24, 2.45) is 11.7 Å². The molecule has 0 bridgehead atoms. The Balaban J connectivity index is 2.25. The number of carbonyl (C=O) groups excluding carboxylic acids is 1. The van der Waals surface area contributed by atoms with Gasteiger partial charge in [0.1, 0.15) is 0 Å². The molecular weight excluding hydrogens is 142 g/mol. The first kappa shape index (κ1) is 7.93. The van der Waals surface area contributed by atoms with Crippen molar-refractivity contribution >= 4 is 6.09 Å². The quantitative estimate of drug-likeness (QED) is 0.568. The van der Waals surface area contributed by atoms with Gasteiger partial charge in [-0.15, -0.1) is 0 Å². The normalized spacial score (nSPS) is 17.9. The van der Waals surface area contributed by atoms with E-state index in [1.54, 1.807) is 6.92 Å². The second-order valence-corrected chi connectivity index (χ2v) is 2.64. The monoisotopic (exact) mass is 153 g/mol. The minimum atomic E-state index is -0.761. The summed E-state index contributed by atoms with van der Waals surface area (Å²) in [4.78, 5) is 10.2. The summed E-state index contributed by atoms with van der Waals surface area (Å²) in [6.45, 7) is 1.71. The number of primary amides is 1. The SMILES string of the molecule is CC(C#CC1CC1)OC(N)=O. The van der Waals surface area contributed by atoms with Crippen LogP contribution in [0.15, 0.2) is 0 Å². The predicted molar refractivity (Wildman–Crippen MR) is 40.6 cm³/mol. The van der Waals surface area contributed by atoms with Crippen LogP contribution in [0.25, 0.3) is 0 Å². The van der Waals surface area contributed by atoms with Crippen LogP contribution in [-0.4, -0.2) is 12.2 Å². The Kier molecular flexibility index (Phi) is 2.37. The van der Waals surface area contributed by atoms with E-state index in [0.29, 0.717) is 5.92 Å². The maximum absolute atomic E-state index is 10.2. The molecule has 1 atom stereocenters. The largest absolute Gasteiger partial charge is 0.433 e. The van der Waals surface area contributed by atoms with Crippen LogP contribution < -0.4 is 5.73 Å². The number of hydrogen-bond acceptors (Lipinski definition) is 2. The lowest BCUT2D eigenvalue weighted by Crippen LogP contribution is -2.18. The molecule has 11 heavy (non-hydrogen) atoms. The zero-order valence-electron chi connectivity index (χ0n) is 6.46. The van der Waals surface area contributed by atoms with Crippen molar-refractivity contribution in [1.29, 1.82) is 0 Å². The molecule has 0 aromatic carbocycles. The van der Waals surface area contributed by atoms with Gasteiger partial charge in [0.2, 0.25) is 0 Å². The van der Waals surface area contributed by atoms with E-state index in [-0.39, 0.29) is 6.10 Å². The molecular formula is C8H11NO2. The van der Waals surface area contributed by atoms with Gasteiger partial charge < -0.3 is 10.5 Å². The third-order valence-corrected chi connectivity index (χ3v) is 1.36. The highest BCUT2D eigenvalue weighted by molar-refractivity contribution is 5.65. The zero-order chi connectivity index (χ0) is 8.27. The van der Waals surface area contributed by atoms with Crippen molar-refractivity contribution in [2.75, 3.05) is 0 Å². The molecule has 0 aliphatic heterocycles. The third kappa shape index (κ3) is 3.51. The summed E-state index contributed by atoms with van der Waals surface area (Å²) < 4.78 is 4.59. The van der Waals surface area contributed by atoms with E-state index in [1.165, 1.54) is 12.8 Å². The summed E-state index contributed by atoms with van der Waals surface area (Å²) in [6.07, 6.45) is 1.22. The number of amides is 1. The molecule has 2 N–H and O–H groups in total. The second kappa shape index (κ2) is 3.29. The second-order valence-electron chi connectivity index (χ2n) is 2.64. The van der Waals surface area contributed by atoms with Crippen molar-refractivity contribution in [3.05, 3.63) is 0 Å². The van der Waals surface area contributed by atoms with Gasteiger partial charge in [0.05, 0.1) is 0 Å². The standard InChI is InChI=1S/C8H11NO2/c1-6(11-8(9)10)2-3-7-4-5-7/h6-7H,4-5H2,1H3,(H2,9,10). The van der Waals surface area contributed by atoms with Crippen LogP contribution in [0.3, 0.4) is 0 Å². The maximum Gasteiger partial charge on any atom is 0.405 e. The number of hydrogen-bond donors (Lipinski definition) is 1. The van der Waals surface area contributed by atoms with Gasteiger partial charge in [0, 0.05) is 5.92 Å². The number of carbonyl (C=O) groups is 1. The van der Waals surface area contributed by atoms with Crippen molar-refractivity contribution in [3.63, 3.8) is 0 Å². The highest BCUT2D eigenvalue weighted by Gasteiger charge is 2.18. The lowest BCUT2D eigenvalue weighted by Gasteiger charge is -2.01. The van der Waals surface area contributed by atoms with E-state index in [2.05, 4.69) is 16.6 Å². The van der Waals surface area contributed by atoms with Gasteiger partial charge in [0.25, 0.3) is 0 Å². The Morgan fingerprint density at radius 2 is 2.36 bits per heavy atom. The first-order valence-electron chi connectivity index (χ1n) is 3.65. The van der Waals surface area contributed by atoms with Crippen LogP contribution in [0.5, 0.6) is 0 Å². The molecule has 1 fully saturated rings. The molecule has 0 heterocycles. The van der Waals surface area contributed by atoms with Crippen LogP contribution in [0.1, 0.15) is 19.8 Å². The Morgan fingerprint density at radius 3 is 2.82 bits per heavy atom. The van der Waals surface area contributed by atoms with E-state index >= 15 is 0 Å². The molecule has 1 amide bonds. The average Bonchev–Trinajstić information content (AvgIpc) is 2.63. The maximum atomic E-state index is 10.2. The van der Waals surface area contributed by atoms with Gasteiger partial charge in [-0.25, -0.2) is 4.79 Å². The van der Waals surface area contributed by atoms with Crippen molar-refractivity contribution in [1.82, 2.24) is 0 Å². The first-order valence-corrected chi connectivity index (χ1v) is 3.65. The molecule has 1 aliphatic carbocycles. The van der Waals surface area contributed by atoms with E-state index < -0.39 is 6.09 Å². The molecule has 1 aliphatic rings. The number of nitrogens with two attached hydrogens (primary N) is 1. The topological polar surface area (TPSA) is 52.3 Å². The summed E-state index contributed by atoms with van der Waals surface area (Å²) in [7, 11) is 0. The lowest BCUT2D eigenvalue weighted by molar-refractivity contribution is 0.141. The highest BCUT2D eigenvalue weighted by Crippen LogP contribution is 2.27. The lowest BCUT2D eigenvalue weighted by atomic mass is 10.3. The molecule has 3 nitrogen and oxygen atoms in total. The summed E-state index contributed by atoms with van der Waals surface area (Å²) in [5.41, 5.74) is 4.79. The molecule has 0 radical (unpaired) electrons. The average molecular weight is 153 g/mol. The minimum Gasteiger partial charge on any atom is -0.433 e. The van der Waals surface area contributed by atoms with Gasteiger partial charge >= 0.3 is 6.09 Å². The van der Waals surface area contributed by atoms with Gasteiger partial charge in [-0.1, -0.05) is 11.8 Å². The summed E-state index contributed by atoms with van der Waals surface area (Å²) in [6, 6.07) is 0. The van der Waals surface area contributed by atoms with Crippen LogP contribution in [0.4, 0.5) is 4.79 Å². The molecule has 1 unspecified atom stereocenters. The van der Waals surface area contributed by atoms with Crippen molar-refractivity contribution < 1.29 is 9.53 Å². The van der Waals surface area contributed by atoms with Gasteiger partial charge in [-0.05, 0) is 19.8 Å². The van der Waals surface area contributed by atoms with Crippen molar-refractivity contribution in [3.8, 4) is 11.8 Å². The Labute approximate surface area is 65.9 Å². The smallest absolute Gasteiger partial charge is 0.405 e. The van der Waals surface area contributed by atoms with Crippen molar-refractivity contribution in [2.45, 2.75) is 25.9 Å². The Bertz CT molecular complexity index is 210. The van der Waals surface area contributed by atoms with Gasteiger partial charge in [-0.2, -0.15) is 0 Å². The Hall–Kier alpha value is -1.17. The minimum absolute atomic E-state index is 0.368. The predicted octanol–water partition coefficient (Wildman–Crippen LogP) is 0.884. The summed E-state index contributed by atoms with van der Waals surface area (Å²) >= 11 is 0. The molecule has 1 rings (SSSR count). The van der Waals surface area contributed by atoms with Gasteiger partial charge in [0.15, 0.2) is 6.10 Å². The zero-order valence-corrected chi connectivity index (χ0v) is 6.46. The van der Waals surface area contributed by atoms with E-state index in [4.69, 9.17) is 5.73 Å². The van der Waals surface area contributed by atoms with Gasteiger partial charge in [-0.3, -0.25) is 0 Å². The number of rotatable bonds is 1. The fourth-order valence-corrected chi connectivity index (χ4v) is 0.667. The fourth-order valence-electron chi connectivity index (χ4n) is 0.667. The molecule has 1 saturated carbocycles. The molecule has 0 aromatic heterocycles. The molecule has 0 aromatic rings. The fraction of sp³-hybridized carbons (Fsp3) is 0.625.